The number of halogens is 1. The first-order valence-corrected chi connectivity index (χ1v) is 9.30. The number of benzene rings is 2. The molecular formula is C22H27IN4O. The number of pyridine rings is 1. The van der Waals surface area contributed by atoms with Gasteiger partial charge in [0, 0.05) is 18.1 Å². The summed E-state index contributed by atoms with van der Waals surface area (Å²) in [5.74, 6) is 1.64. The van der Waals surface area contributed by atoms with E-state index in [1.807, 2.05) is 48.7 Å². The van der Waals surface area contributed by atoms with Crippen molar-refractivity contribution in [3.8, 4) is 5.75 Å². The van der Waals surface area contributed by atoms with Crippen molar-refractivity contribution < 1.29 is 4.74 Å². The molecule has 0 unspecified atom stereocenters. The Hall–Kier alpha value is -2.35. The molecule has 0 saturated heterocycles. The first-order chi connectivity index (χ1) is 13.3. The Labute approximate surface area is 183 Å². The molecule has 0 fully saturated rings. The van der Waals surface area contributed by atoms with Crippen LogP contribution < -0.4 is 15.4 Å². The van der Waals surface area contributed by atoms with Gasteiger partial charge in [-0.3, -0.25) is 4.98 Å². The van der Waals surface area contributed by atoms with E-state index < -0.39 is 0 Å². The zero-order valence-corrected chi connectivity index (χ0v) is 18.6. The van der Waals surface area contributed by atoms with Crippen molar-refractivity contribution >= 4 is 40.7 Å². The molecule has 2 aromatic carbocycles. The van der Waals surface area contributed by atoms with E-state index in [0.717, 1.165) is 29.3 Å². The van der Waals surface area contributed by atoms with Gasteiger partial charge in [0.15, 0.2) is 5.96 Å². The molecule has 1 heterocycles. The van der Waals surface area contributed by atoms with E-state index in [4.69, 9.17) is 4.74 Å². The number of ether oxygens (including phenoxy) is 1. The summed E-state index contributed by atoms with van der Waals surface area (Å²) in [7, 11) is 0. The van der Waals surface area contributed by atoms with E-state index >= 15 is 0 Å². The lowest BCUT2D eigenvalue weighted by atomic mass is 10.1. The van der Waals surface area contributed by atoms with Crippen LogP contribution >= 0.6 is 24.0 Å². The lowest BCUT2D eigenvalue weighted by Gasteiger charge is -2.12. The van der Waals surface area contributed by atoms with Crippen LogP contribution in [0.2, 0.25) is 0 Å². The monoisotopic (exact) mass is 490 g/mol. The van der Waals surface area contributed by atoms with Crippen molar-refractivity contribution in [1.82, 2.24) is 15.6 Å². The number of nitrogens with one attached hydrogen (secondary N) is 2. The van der Waals surface area contributed by atoms with Crippen LogP contribution in [-0.4, -0.2) is 30.6 Å². The summed E-state index contributed by atoms with van der Waals surface area (Å²) in [6, 6.07) is 18.3. The van der Waals surface area contributed by atoms with Crippen LogP contribution in [-0.2, 0) is 6.54 Å². The molecule has 1 aromatic heterocycles. The molecule has 2 N–H and O–H groups in total. The van der Waals surface area contributed by atoms with Crippen molar-refractivity contribution in [2.45, 2.75) is 20.4 Å². The highest BCUT2D eigenvalue weighted by atomic mass is 127. The lowest BCUT2D eigenvalue weighted by molar-refractivity contribution is 0.322. The summed E-state index contributed by atoms with van der Waals surface area (Å²) in [5, 5.41) is 8.89. The van der Waals surface area contributed by atoms with Gasteiger partial charge < -0.3 is 15.4 Å². The number of fused-ring (bicyclic) bond motifs is 1. The molecule has 6 heteroatoms. The molecule has 0 bridgehead atoms. The van der Waals surface area contributed by atoms with Gasteiger partial charge in [0.05, 0.1) is 18.8 Å². The van der Waals surface area contributed by atoms with Crippen LogP contribution in [0.3, 0.4) is 0 Å². The maximum atomic E-state index is 5.75. The van der Waals surface area contributed by atoms with E-state index in [-0.39, 0.29) is 24.0 Å². The van der Waals surface area contributed by atoms with Crippen molar-refractivity contribution in [2.24, 2.45) is 4.99 Å². The van der Waals surface area contributed by atoms with Crippen LogP contribution in [0.5, 0.6) is 5.75 Å². The Bertz CT molecular complexity index is 891. The Morgan fingerprint density at radius 2 is 1.82 bits per heavy atom. The van der Waals surface area contributed by atoms with Crippen LogP contribution in [0.15, 0.2) is 65.8 Å². The van der Waals surface area contributed by atoms with Gasteiger partial charge in [0.25, 0.3) is 0 Å². The Balaban J connectivity index is 0.00000280. The average Bonchev–Trinajstić information content (AvgIpc) is 2.70. The second-order valence-corrected chi connectivity index (χ2v) is 6.26. The summed E-state index contributed by atoms with van der Waals surface area (Å²) < 4.78 is 5.75. The van der Waals surface area contributed by atoms with Gasteiger partial charge in [-0.05, 0) is 37.4 Å². The predicted octanol–water partition coefficient (Wildman–Crippen LogP) is 4.30. The van der Waals surface area contributed by atoms with Crippen LogP contribution in [0.1, 0.15) is 18.2 Å². The van der Waals surface area contributed by atoms with E-state index in [1.165, 1.54) is 10.9 Å². The van der Waals surface area contributed by atoms with Crippen LogP contribution in [0, 0.1) is 6.92 Å². The molecule has 0 aliphatic rings. The second-order valence-electron chi connectivity index (χ2n) is 6.26. The first-order valence-electron chi connectivity index (χ1n) is 9.30. The van der Waals surface area contributed by atoms with E-state index in [2.05, 4.69) is 46.6 Å². The smallest absolute Gasteiger partial charge is 0.191 e. The van der Waals surface area contributed by atoms with E-state index in [1.54, 1.807) is 0 Å². The molecule has 28 heavy (non-hydrogen) atoms. The van der Waals surface area contributed by atoms with Crippen molar-refractivity contribution in [3.63, 3.8) is 0 Å². The van der Waals surface area contributed by atoms with Crippen molar-refractivity contribution in [2.75, 3.05) is 19.7 Å². The number of nitrogens with zero attached hydrogens (tertiary/aromatic N) is 2. The summed E-state index contributed by atoms with van der Waals surface area (Å²) in [6.45, 7) is 6.68. The third-order valence-electron chi connectivity index (χ3n) is 4.17. The quantitative estimate of drug-likeness (QED) is 0.225. The van der Waals surface area contributed by atoms with Gasteiger partial charge in [-0.15, -0.1) is 24.0 Å². The molecular weight excluding hydrogens is 463 g/mol. The number of guanidine groups is 1. The Morgan fingerprint density at radius 3 is 2.61 bits per heavy atom. The number of aliphatic imine (C=N–C) groups is 1. The molecule has 3 aromatic rings. The van der Waals surface area contributed by atoms with Crippen LogP contribution in [0.4, 0.5) is 0 Å². The van der Waals surface area contributed by atoms with E-state index in [0.29, 0.717) is 19.7 Å². The zero-order chi connectivity index (χ0) is 18.9. The van der Waals surface area contributed by atoms with Crippen LogP contribution in [0.25, 0.3) is 10.8 Å². The van der Waals surface area contributed by atoms with Gasteiger partial charge in [-0.2, -0.15) is 0 Å². The minimum Gasteiger partial charge on any atom is -0.492 e. The molecule has 3 rings (SSSR count). The molecule has 148 valence electrons. The van der Waals surface area contributed by atoms with Gasteiger partial charge in [-0.25, -0.2) is 4.99 Å². The first kappa shape index (κ1) is 21.9. The fraction of sp³-hybridized carbons (Fsp3) is 0.273. The lowest BCUT2D eigenvalue weighted by Crippen LogP contribution is -2.39. The minimum absolute atomic E-state index is 0. The number of aryl methyl sites for hydroxylation is 1. The Morgan fingerprint density at radius 1 is 1.04 bits per heavy atom. The number of hydrogen-bond donors (Lipinski definition) is 2. The van der Waals surface area contributed by atoms with Gasteiger partial charge in [0.1, 0.15) is 12.4 Å². The molecule has 0 aliphatic carbocycles. The SMILES string of the molecule is CCNC(=NCc1nccc2ccccc12)NCCOc1ccc(C)cc1.I. The molecule has 5 nitrogen and oxygen atoms in total. The molecule has 0 saturated carbocycles. The third-order valence-corrected chi connectivity index (χ3v) is 4.17. The molecule has 0 spiro atoms. The Kier molecular flexibility index (Phi) is 9.00. The highest BCUT2D eigenvalue weighted by molar-refractivity contribution is 14.0. The standard InChI is InChI=1S/C22H26N4O.HI/c1-3-23-22(25-14-15-27-19-10-8-17(2)9-11-19)26-16-21-20-7-5-4-6-18(20)12-13-24-21;/h4-13H,3,14-16H2,1-2H3,(H2,23,25,26);1H. The normalized spacial score (nSPS) is 11.0. The van der Waals surface area contributed by atoms with Gasteiger partial charge >= 0.3 is 0 Å². The maximum absolute atomic E-state index is 5.75. The maximum Gasteiger partial charge on any atom is 0.191 e. The molecule has 0 amide bonds. The van der Waals surface area contributed by atoms with Gasteiger partial charge in [-0.1, -0.05) is 42.0 Å². The minimum atomic E-state index is 0. The second kappa shape index (κ2) is 11.5. The van der Waals surface area contributed by atoms with Crippen molar-refractivity contribution in [1.29, 1.82) is 0 Å². The fourth-order valence-corrected chi connectivity index (χ4v) is 2.78. The molecule has 0 aliphatic heterocycles. The topological polar surface area (TPSA) is 58.5 Å². The summed E-state index contributed by atoms with van der Waals surface area (Å²) in [6.07, 6.45) is 1.84. The highest BCUT2D eigenvalue weighted by Gasteiger charge is 2.03. The molecule has 0 radical (unpaired) electrons. The summed E-state index contributed by atoms with van der Waals surface area (Å²) >= 11 is 0. The van der Waals surface area contributed by atoms with Gasteiger partial charge in [0.2, 0.25) is 0 Å². The summed E-state index contributed by atoms with van der Waals surface area (Å²) in [4.78, 5) is 9.16. The average molecular weight is 490 g/mol. The predicted molar refractivity (Wildman–Crippen MR) is 127 cm³/mol. The zero-order valence-electron chi connectivity index (χ0n) is 16.3. The summed E-state index contributed by atoms with van der Waals surface area (Å²) in [5.41, 5.74) is 2.20. The number of rotatable bonds is 7. The van der Waals surface area contributed by atoms with E-state index in [9.17, 15) is 0 Å². The third kappa shape index (κ3) is 6.37. The molecule has 0 atom stereocenters. The fourth-order valence-electron chi connectivity index (χ4n) is 2.78. The number of hydrogen-bond acceptors (Lipinski definition) is 3. The highest BCUT2D eigenvalue weighted by Crippen LogP contribution is 2.16. The largest absolute Gasteiger partial charge is 0.492 e. The van der Waals surface area contributed by atoms with Crippen molar-refractivity contribution in [3.05, 3.63) is 72.1 Å². The number of aromatic nitrogens is 1.